The molecule has 1 aliphatic carbocycles. The number of nitrogens with two attached hydrogens (primary N) is 1. The van der Waals surface area contributed by atoms with Crippen LogP contribution in [0.3, 0.4) is 0 Å². The number of nitrogens with zero attached hydrogens (tertiary/aromatic N) is 2. The Morgan fingerprint density at radius 1 is 1.00 bits per heavy atom. The minimum Gasteiger partial charge on any atom is -0.319 e. The molecule has 1 aromatic carbocycles. The van der Waals surface area contributed by atoms with Gasteiger partial charge in [-0.15, -0.1) is 0 Å². The molecule has 0 amide bonds. The van der Waals surface area contributed by atoms with Crippen LogP contribution in [0.25, 0.3) is 11.1 Å². The number of hydrogen-bond donors (Lipinski definition) is 1. The molecule has 1 aromatic heterocycles. The molecule has 0 radical (unpaired) electrons. The maximum Gasteiger partial charge on any atom is 0.148 e. The number of halogens is 1. The van der Waals surface area contributed by atoms with Gasteiger partial charge < -0.3 is 5.73 Å². The fourth-order valence-corrected chi connectivity index (χ4v) is 3.34. The van der Waals surface area contributed by atoms with Crippen molar-refractivity contribution in [2.24, 2.45) is 5.73 Å². The Hall–Kier alpha value is -1.26. The van der Waals surface area contributed by atoms with Gasteiger partial charge >= 0.3 is 0 Å². The largest absolute Gasteiger partial charge is 0.319 e. The summed E-state index contributed by atoms with van der Waals surface area (Å²) in [6.07, 6.45) is 9.35. The van der Waals surface area contributed by atoms with Crippen LogP contribution in [-0.4, -0.2) is 9.97 Å². The molecule has 3 nitrogen and oxygen atoms in total. The predicted octanol–water partition coefficient (Wildman–Crippen LogP) is 4.02. The standard InChI is InChI=1S/C16H18BrN3/c17-14-7-3-2-6-13(14)12-10-19-15(20-11-12)16(18)8-4-1-5-9-16/h2-3,6-7,10-11H,1,4-5,8-9,18H2. The van der Waals surface area contributed by atoms with E-state index in [-0.39, 0.29) is 5.54 Å². The zero-order chi connectivity index (χ0) is 14.0. The molecule has 2 aromatic rings. The third-order valence-electron chi connectivity index (χ3n) is 4.03. The van der Waals surface area contributed by atoms with Gasteiger partial charge in [-0.1, -0.05) is 53.4 Å². The first kappa shape index (κ1) is 13.7. The van der Waals surface area contributed by atoms with Gasteiger partial charge in [0.05, 0.1) is 5.54 Å². The fraction of sp³-hybridized carbons (Fsp3) is 0.375. The highest BCUT2D eigenvalue weighted by Gasteiger charge is 2.32. The zero-order valence-corrected chi connectivity index (χ0v) is 12.9. The van der Waals surface area contributed by atoms with Gasteiger partial charge in [0.2, 0.25) is 0 Å². The van der Waals surface area contributed by atoms with Crippen molar-refractivity contribution in [1.82, 2.24) is 9.97 Å². The highest BCUT2D eigenvalue weighted by atomic mass is 79.9. The molecule has 20 heavy (non-hydrogen) atoms. The van der Waals surface area contributed by atoms with Crippen molar-refractivity contribution in [3.63, 3.8) is 0 Å². The Morgan fingerprint density at radius 3 is 2.30 bits per heavy atom. The highest BCUT2D eigenvalue weighted by molar-refractivity contribution is 9.10. The number of aromatic nitrogens is 2. The molecule has 4 heteroatoms. The van der Waals surface area contributed by atoms with E-state index in [1.807, 2.05) is 30.6 Å². The van der Waals surface area contributed by atoms with Crippen molar-refractivity contribution in [1.29, 1.82) is 0 Å². The van der Waals surface area contributed by atoms with Gasteiger partial charge in [0, 0.05) is 22.4 Å². The van der Waals surface area contributed by atoms with Crippen molar-refractivity contribution in [2.75, 3.05) is 0 Å². The zero-order valence-electron chi connectivity index (χ0n) is 11.3. The molecule has 1 heterocycles. The summed E-state index contributed by atoms with van der Waals surface area (Å²) in [5.41, 5.74) is 8.26. The summed E-state index contributed by atoms with van der Waals surface area (Å²) in [6.45, 7) is 0. The quantitative estimate of drug-likeness (QED) is 0.903. The van der Waals surface area contributed by atoms with E-state index in [0.29, 0.717) is 0 Å². The lowest BCUT2D eigenvalue weighted by Crippen LogP contribution is -2.40. The van der Waals surface area contributed by atoms with E-state index < -0.39 is 0 Å². The lowest BCUT2D eigenvalue weighted by atomic mass is 9.82. The average Bonchev–Trinajstić information content (AvgIpc) is 2.49. The van der Waals surface area contributed by atoms with Crippen molar-refractivity contribution in [3.05, 3.63) is 47.0 Å². The summed E-state index contributed by atoms with van der Waals surface area (Å²) in [4.78, 5) is 9.07. The predicted molar refractivity (Wildman–Crippen MR) is 84.1 cm³/mol. The van der Waals surface area contributed by atoms with E-state index in [2.05, 4.69) is 32.0 Å². The maximum absolute atomic E-state index is 6.46. The second kappa shape index (κ2) is 5.62. The first-order valence-electron chi connectivity index (χ1n) is 7.05. The Morgan fingerprint density at radius 2 is 1.65 bits per heavy atom. The third kappa shape index (κ3) is 2.63. The van der Waals surface area contributed by atoms with Gasteiger partial charge in [-0.25, -0.2) is 9.97 Å². The molecular formula is C16H18BrN3. The monoisotopic (exact) mass is 331 g/mol. The van der Waals surface area contributed by atoms with Crippen LogP contribution in [0.2, 0.25) is 0 Å². The van der Waals surface area contributed by atoms with E-state index in [1.165, 1.54) is 19.3 Å². The van der Waals surface area contributed by atoms with Crippen LogP contribution in [0, 0.1) is 0 Å². The van der Waals surface area contributed by atoms with Crippen molar-refractivity contribution in [3.8, 4) is 11.1 Å². The average molecular weight is 332 g/mol. The molecule has 0 unspecified atom stereocenters. The van der Waals surface area contributed by atoms with Gasteiger partial charge in [0.1, 0.15) is 5.82 Å². The summed E-state index contributed by atoms with van der Waals surface area (Å²) in [7, 11) is 0. The summed E-state index contributed by atoms with van der Waals surface area (Å²) in [5.74, 6) is 0.785. The lowest BCUT2D eigenvalue weighted by molar-refractivity contribution is 0.287. The van der Waals surface area contributed by atoms with Crippen molar-refractivity contribution < 1.29 is 0 Å². The highest BCUT2D eigenvalue weighted by Crippen LogP contribution is 2.33. The lowest BCUT2D eigenvalue weighted by Gasteiger charge is -2.31. The Kier molecular flexibility index (Phi) is 3.85. The fourth-order valence-electron chi connectivity index (χ4n) is 2.83. The van der Waals surface area contributed by atoms with Gasteiger partial charge in [-0.05, 0) is 24.5 Å². The summed E-state index contributed by atoms with van der Waals surface area (Å²) in [6, 6.07) is 8.09. The van der Waals surface area contributed by atoms with Gasteiger partial charge in [-0.3, -0.25) is 0 Å². The molecule has 1 fully saturated rings. The SMILES string of the molecule is NC1(c2ncc(-c3ccccc3Br)cn2)CCCCC1. The molecule has 104 valence electrons. The maximum atomic E-state index is 6.46. The van der Waals surface area contributed by atoms with Gasteiger partial charge in [0.15, 0.2) is 0 Å². The van der Waals surface area contributed by atoms with Crippen LogP contribution >= 0.6 is 15.9 Å². The van der Waals surface area contributed by atoms with Crippen molar-refractivity contribution in [2.45, 2.75) is 37.6 Å². The van der Waals surface area contributed by atoms with E-state index in [9.17, 15) is 0 Å². The topological polar surface area (TPSA) is 51.8 Å². The van der Waals surface area contributed by atoms with E-state index in [0.717, 1.165) is 34.3 Å². The smallest absolute Gasteiger partial charge is 0.148 e. The third-order valence-corrected chi connectivity index (χ3v) is 4.72. The van der Waals surface area contributed by atoms with Crippen molar-refractivity contribution >= 4 is 15.9 Å². The second-order valence-electron chi connectivity index (χ2n) is 5.49. The number of benzene rings is 1. The minimum absolute atomic E-state index is 0.329. The second-order valence-corrected chi connectivity index (χ2v) is 6.35. The number of rotatable bonds is 2. The van der Waals surface area contributed by atoms with E-state index >= 15 is 0 Å². The molecular weight excluding hydrogens is 314 g/mol. The molecule has 0 aliphatic heterocycles. The summed E-state index contributed by atoms with van der Waals surface area (Å²) in [5, 5.41) is 0. The van der Waals surface area contributed by atoms with Crippen LogP contribution in [-0.2, 0) is 5.54 Å². The first-order chi connectivity index (χ1) is 9.69. The van der Waals surface area contributed by atoms with Gasteiger partial charge in [-0.2, -0.15) is 0 Å². The first-order valence-corrected chi connectivity index (χ1v) is 7.85. The molecule has 3 rings (SSSR count). The van der Waals surface area contributed by atoms with Crippen LogP contribution in [0.15, 0.2) is 41.1 Å². The molecule has 0 atom stereocenters. The molecule has 1 saturated carbocycles. The van der Waals surface area contributed by atoms with E-state index in [4.69, 9.17) is 5.73 Å². The summed E-state index contributed by atoms with van der Waals surface area (Å²) >= 11 is 3.56. The van der Waals surface area contributed by atoms with Gasteiger partial charge in [0.25, 0.3) is 0 Å². The number of hydrogen-bond acceptors (Lipinski definition) is 3. The molecule has 0 spiro atoms. The Labute approximate surface area is 127 Å². The molecule has 0 bridgehead atoms. The molecule has 1 aliphatic rings. The van der Waals surface area contributed by atoms with Crippen LogP contribution in [0.1, 0.15) is 37.9 Å². The molecule has 2 N–H and O–H groups in total. The minimum atomic E-state index is -0.329. The summed E-state index contributed by atoms with van der Waals surface area (Å²) < 4.78 is 1.05. The van der Waals surface area contributed by atoms with E-state index in [1.54, 1.807) is 0 Å². The Bertz CT molecular complexity index is 589. The van der Waals surface area contributed by atoms with Crippen LogP contribution < -0.4 is 5.73 Å². The molecule has 0 saturated heterocycles. The Balaban J connectivity index is 1.90. The van der Waals surface area contributed by atoms with Crippen LogP contribution in [0.4, 0.5) is 0 Å². The normalized spacial score (nSPS) is 17.9. The van der Waals surface area contributed by atoms with Crippen LogP contribution in [0.5, 0.6) is 0 Å².